The molecule has 8 radical (unpaired) electrons. The SMILES string of the molecule is CC1(C)CC(N(c2nc(N=Nc3nc(N(C4CC(C)(C)N([O])C(C)(C)C4)C4CC(C)(C)N([O])C(C)(C)C4)nc(N(C4CC(C)(C)N([O])C(C)(C)C4)C4CC(C)(C)N([O])C(C)(C)C4)n3)nc(N(C3CC(C)(C)N([O])C(C)(C)C3)C3CC(C)(C)N([O])C(C)(C)C3)n2)C2CC(C)(C)N([O])C(C)(C)C2)CC(C)(C)N1[O]. The third-order valence-electron chi connectivity index (χ3n) is 26.1. The van der Waals surface area contributed by atoms with Crippen molar-refractivity contribution in [3.63, 3.8) is 0 Å². The molecular formula is C78H136N20O8. The molecule has 106 heavy (non-hydrogen) atoms. The Morgan fingerprint density at radius 2 is 0.292 bits per heavy atom. The molecular weight excluding hydrogens is 1340 g/mol. The lowest BCUT2D eigenvalue weighted by Crippen LogP contribution is -2.68. The molecule has 0 aromatic carbocycles. The molecule has 0 spiro atoms. The quantitative estimate of drug-likeness (QED) is 0.159. The number of hydrogen-bond donors (Lipinski definition) is 0. The molecule has 0 unspecified atom stereocenters. The van der Waals surface area contributed by atoms with E-state index >= 15 is 0 Å². The van der Waals surface area contributed by atoms with E-state index in [0.29, 0.717) is 103 Å². The molecule has 10 rings (SSSR count). The second kappa shape index (κ2) is 26.9. The van der Waals surface area contributed by atoms with E-state index in [1.54, 1.807) is 0 Å². The first-order chi connectivity index (χ1) is 47.6. The average molecular weight is 1480 g/mol. The molecule has 2 aromatic heterocycles. The van der Waals surface area contributed by atoms with Crippen LogP contribution in [-0.2, 0) is 41.7 Å². The molecule has 596 valence electrons. The lowest BCUT2D eigenvalue weighted by Gasteiger charge is -2.58. The summed E-state index contributed by atoms with van der Waals surface area (Å²) in [7, 11) is 0. The van der Waals surface area contributed by atoms with Gasteiger partial charge in [0.25, 0.3) is 11.9 Å². The van der Waals surface area contributed by atoms with Gasteiger partial charge in [0.2, 0.25) is 23.8 Å². The van der Waals surface area contributed by atoms with Gasteiger partial charge in [-0.25, -0.2) is 0 Å². The van der Waals surface area contributed by atoms with E-state index in [0.717, 1.165) is 0 Å². The molecule has 8 saturated heterocycles. The predicted octanol–water partition coefficient (Wildman–Crippen LogP) is 14.6. The zero-order valence-electron chi connectivity index (χ0n) is 71.1. The molecule has 0 atom stereocenters. The highest BCUT2D eigenvalue weighted by molar-refractivity contribution is 5.51. The lowest BCUT2D eigenvalue weighted by molar-refractivity contribution is -0.294. The van der Waals surface area contributed by atoms with Crippen molar-refractivity contribution in [1.29, 1.82) is 0 Å². The summed E-state index contributed by atoms with van der Waals surface area (Å²) in [5, 5.41) is 136. The second-order valence-corrected chi connectivity index (χ2v) is 44.2. The van der Waals surface area contributed by atoms with Crippen molar-refractivity contribution in [3.8, 4) is 0 Å². The summed E-state index contributed by atoms with van der Waals surface area (Å²) in [5.74, 6) is 0.862. The van der Waals surface area contributed by atoms with Crippen LogP contribution < -0.4 is 19.6 Å². The highest BCUT2D eigenvalue weighted by Gasteiger charge is 2.60. The summed E-state index contributed by atoms with van der Waals surface area (Å²) in [4.78, 5) is 42.5. The third-order valence-corrected chi connectivity index (χ3v) is 26.1. The lowest BCUT2D eigenvalue weighted by atomic mass is 9.74. The number of hydrogen-bond acceptors (Lipinski definition) is 20. The maximum Gasteiger partial charge on any atom is 0.275 e. The molecule has 8 aliphatic rings. The van der Waals surface area contributed by atoms with E-state index in [1.807, 2.05) is 222 Å². The van der Waals surface area contributed by atoms with Crippen molar-refractivity contribution in [2.24, 2.45) is 10.2 Å². The average Bonchev–Trinajstić information content (AvgIpc) is 0.743. The summed E-state index contributed by atoms with van der Waals surface area (Å²) in [6.07, 6.45) is 6.55. The zero-order valence-corrected chi connectivity index (χ0v) is 71.1. The Bertz CT molecular complexity index is 2800. The fourth-order valence-corrected chi connectivity index (χ4v) is 23.1. The monoisotopic (exact) mass is 1480 g/mol. The molecule has 0 bridgehead atoms. The van der Waals surface area contributed by atoms with Crippen molar-refractivity contribution >= 4 is 35.7 Å². The van der Waals surface area contributed by atoms with E-state index in [-0.39, 0.29) is 84.0 Å². The molecule has 10 heterocycles. The maximum absolute atomic E-state index is 14.5. The Kier molecular flexibility index (Phi) is 21.5. The van der Waals surface area contributed by atoms with Crippen LogP contribution >= 0.6 is 0 Å². The molecule has 28 heteroatoms. The highest BCUT2D eigenvalue weighted by Crippen LogP contribution is 2.53. The smallest absolute Gasteiger partial charge is 0.275 e. The van der Waals surface area contributed by atoms with Crippen molar-refractivity contribution in [1.82, 2.24) is 70.4 Å². The Balaban J connectivity index is 1.30. The first-order valence-electron chi connectivity index (χ1n) is 39.5. The van der Waals surface area contributed by atoms with Crippen LogP contribution in [0.2, 0.25) is 0 Å². The standard InChI is InChI=1S/C78H136N20O8/c1-63(2)33-49(34-64(3,4)91(63)99)87(50-35-65(5,6)92(100)66(7,8)36-50)59-79-57(80-60(83-59)88(51-37-67(9,10)93(101)68(11,12)38-51)52-39-69(13,14)94(102)70(15,16)40-52)85-86-58-81-61(89(53-41-71(17,18)95(103)72(19,20)42-53)54-43-73(21,22)96(104)74(23,24)44-54)84-62(82-58)90(55-45-75(25,26)97(105)76(27,28)46-55)56-47-77(29,30)98(106)78(31,32)48-56/h49-56H,33-48H2,1-32H3. The van der Waals surface area contributed by atoms with Gasteiger partial charge in [-0.2, -0.15) is 29.9 Å². The molecule has 0 N–H and O–H groups in total. The van der Waals surface area contributed by atoms with Crippen LogP contribution in [0.3, 0.4) is 0 Å². The number of azo groups is 1. The van der Waals surface area contributed by atoms with Gasteiger partial charge in [0, 0.05) is 137 Å². The van der Waals surface area contributed by atoms with Crippen molar-refractivity contribution in [3.05, 3.63) is 0 Å². The summed E-state index contributed by atoms with van der Waals surface area (Å²) in [5.41, 5.74) is -13.9. The summed E-state index contributed by atoms with van der Waals surface area (Å²) >= 11 is 0. The molecule has 0 aliphatic carbocycles. The first kappa shape index (κ1) is 84.6. The van der Waals surface area contributed by atoms with Crippen LogP contribution in [0.5, 0.6) is 0 Å². The van der Waals surface area contributed by atoms with E-state index in [1.165, 1.54) is 40.5 Å². The fourth-order valence-electron chi connectivity index (χ4n) is 23.1. The summed E-state index contributed by atoms with van der Waals surface area (Å²) < 4.78 is 0. The van der Waals surface area contributed by atoms with E-state index < -0.39 is 88.6 Å². The van der Waals surface area contributed by atoms with Crippen molar-refractivity contribution < 1.29 is 41.7 Å². The normalized spacial score (nSPS) is 29.8. The predicted molar refractivity (Wildman–Crippen MR) is 403 cm³/mol. The zero-order chi connectivity index (χ0) is 80.0. The summed E-state index contributed by atoms with van der Waals surface area (Å²) in [6, 6.07) is -2.96. The Morgan fingerprint density at radius 1 is 0.198 bits per heavy atom. The number of nitrogens with zero attached hydrogens (tertiary/aromatic N) is 20. The van der Waals surface area contributed by atoms with Crippen LogP contribution in [-0.4, -0.2) is 207 Å². The van der Waals surface area contributed by atoms with E-state index in [4.69, 9.17) is 40.1 Å². The van der Waals surface area contributed by atoms with Gasteiger partial charge in [0.1, 0.15) is 0 Å². The van der Waals surface area contributed by atoms with Crippen LogP contribution in [0.15, 0.2) is 10.2 Å². The third kappa shape index (κ3) is 15.9. The molecule has 0 saturated carbocycles. The highest BCUT2D eigenvalue weighted by atomic mass is 16.5. The second-order valence-electron chi connectivity index (χ2n) is 44.2. The minimum Gasteiger partial charge on any atom is -0.334 e. The van der Waals surface area contributed by atoms with Gasteiger partial charge in [-0.15, -0.1) is 92.4 Å². The van der Waals surface area contributed by atoms with Crippen LogP contribution in [0.25, 0.3) is 0 Å². The molecule has 0 amide bonds. The topological polar surface area (TPSA) is 300 Å². The summed E-state index contributed by atoms with van der Waals surface area (Å²) in [6.45, 7) is 63.2. The first-order valence-corrected chi connectivity index (χ1v) is 39.5. The number of rotatable bonds is 14. The fraction of sp³-hybridized carbons (Fsp3) is 0.923. The minimum absolute atomic E-state index is 0.0957. The van der Waals surface area contributed by atoms with E-state index in [2.05, 4.69) is 19.6 Å². The van der Waals surface area contributed by atoms with Crippen LogP contribution in [0, 0.1) is 0 Å². The number of aromatic nitrogens is 6. The maximum atomic E-state index is 14.5. The Morgan fingerprint density at radius 3 is 0.387 bits per heavy atom. The Hall–Kier alpha value is -3.82. The van der Waals surface area contributed by atoms with Gasteiger partial charge in [0.15, 0.2) is 0 Å². The van der Waals surface area contributed by atoms with Gasteiger partial charge in [0.05, 0.1) is 0 Å². The van der Waals surface area contributed by atoms with Gasteiger partial charge in [-0.05, 0) is 324 Å². The van der Waals surface area contributed by atoms with Crippen LogP contribution in [0.1, 0.15) is 324 Å². The minimum atomic E-state index is -0.869. The number of piperidine rings is 8. The molecule has 8 fully saturated rings. The van der Waals surface area contributed by atoms with Crippen molar-refractivity contribution in [2.45, 2.75) is 461 Å². The van der Waals surface area contributed by atoms with Gasteiger partial charge in [-0.1, -0.05) is 0 Å². The largest absolute Gasteiger partial charge is 0.334 e. The van der Waals surface area contributed by atoms with Crippen molar-refractivity contribution in [2.75, 3.05) is 19.6 Å². The number of anilines is 4. The molecule has 8 aliphatic heterocycles. The van der Waals surface area contributed by atoms with Crippen LogP contribution in [0.4, 0.5) is 35.7 Å². The van der Waals surface area contributed by atoms with E-state index in [9.17, 15) is 41.7 Å². The van der Waals surface area contributed by atoms with Gasteiger partial charge >= 0.3 is 0 Å². The van der Waals surface area contributed by atoms with Gasteiger partial charge < -0.3 is 19.6 Å². The Labute approximate surface area is 636 Å². The molecule has 2 aromatic rings. The van der Waals surface area contributed by atoms with Gasteiger partial charge in [-0.3, -0.25) is 0 Å². The molecule has 28 nitrogen and oxygen atoms in total. The number of hydroxylamine groups is 16.